The number of hydrogen-bond acceptors (Lipinski definition) is 5. The molecular formula is C57H35N3S2. The fourth-order valence-electron chi connectivity index (χ4n) is 8.87. The molecule has 0 atom stereocenters. The van der Waals surface area contributed by atoms with E-state index in [0.717, 1.165) is 50.1 Å². The normalized spacial score (nSPS) is 11.5. The van der Waals surface area contributed by atoms with Crippen LogP contribution in [0.5, 0.6) is 0 Å². The lowest BCUT2D eigenvalue weighted by Crippen LogP contribution is -2.01. The van der Waals surface area contributed by atoms with Crippen molar-refractivity contribution in [3.05, 3.63) is 212 Å². The second kappa shape index (κ2) is 15.2. The van der Waals surface area contributed by atoms with Gasteiger partial charge in [0.05, 0.1) is 0 Å². The van der Waals surface area contributed by atoms with Crippen LogP contribution in [-0.4, -0.2) is 15.0 Å². The van der Waals surface area contributed by atoms with E-state index in [1.807, 2.05) is 34.8 Å². The van der Waals surface area contributed by atoms with Crippen molar-refractivity contribution in [2.75, 3.05) is 0 Å². The van der Waals surface area contributed by atoms with Gasteiger partial charge in [-0.05, 0) is 93.0 Å². The van der Waals surface area contributed by atoms with Crippen LogP contribution in [0.2, 0.25) is 0 Å². The van der Waals surface area contributed by atoms with Crippen LogP contribution in [0.3, 0.4) is 0 Å². The van der Waals surface area contributed by atoms with Gasteiger partial charge < -0.3 is 0 Å². The topological polar surface area (TPSA) is 38.7 Å². The molecular weight excluding hydrogens is 791 g/mol. The summed E-state index contributed by atoms with van der Waals surface area (Å²) in [5.74, 6) is 1.86. The minimum Gasteiger partial charge on any atom is -0.208 e. The van der Waals surface area contributed by atoms with Gasteiger partial charge in [0.2, 0.25) is 0 Å². The molecule has 3 heterocycles. The molecule has 0 unspecified atom stereocenters. The van der Waals surface area contributed by atoms with Gasteiger partial charge in [-0.25, -0.2) is 15.0 Å². The highest BCUT2D eigenvalue weighted by atomic mass is 32.1. The van der Waals surface area contributed by atoms with Crippen LogP contribution in [0, 0.1) is 0 Å². The SMILES string of the molecule is c1ccc(-c2cccc(-c3nc(-c4cc(-c5cccc6sc7ccccc7c56)cc(-c5cccc6sc7ccccc7c56)c4)nc(-c4ccccc4-c4ccccc4)n3)c2)cc1. The Hall–Kier alpha value is -7.57. The lowest BCUT2D eigenvalue weighted by atomic mass is 9.92. The second-order valence-electron chi connectivity index (χ2n) is 15.5. The third-order valence-corrected chi connectivity index (χ3v) is 14.0. The van der Waals surface area contributed by atoms with Crippen molar-refractivity contribution in [1.29, 1.82) is 0 Å². The molecule has 12 rings (SSSR count). The minimum atomic E-state index is 0.616. The van der Waals surface area contributed by atoms with Gasteiger partial charge in [-0.2, -0.15) is 0 Å². The molecule has 0 fully saturated rings. The number of fused-ring (bicyclic) bond motifs is 6. The van der Waals surface area contributed by atoms with Crippen molar-refractivity contribution < 1.29 is 0 Å². The molecule has 0 amide bonds. The average molecular weight is 826 g/mol. The number of hydrogen-bond donors (Lipinski definition) is 0. The summed E-state index contributed by atoms with van der Waals surface area (Å²) >= 11 is 3.69. The van der Waals surface area contributed by atoms with E-state index in [-0.39, 0.29) is 0 Å². The fourth-order valence-corrected chi connectivity index (χ4v) is 11.1. The Morgan fingerprint density at radius 1 is 0.242 bits per heavy atom. The molecule has 5 heteroatoms. The van der Waals surface area contributed by atoms with Crippen LogP contribution in [0.15, 0.2) is 212 Å². The lowest BCUT2D eigenvalue weighted by Gasteiger charge is -2.15. The quantitative estimate of drug-likeness (QED) is 0.161. The Kier molecular flexibility index (Phi) is 8.87. The first-order chi connectivity index (χ1) is 30.7. The van der Waals surface area contributed by atoms with Crippen molar-refractivity contribution in [2.24, 2.45) is 0 Å². The van der Waals surface area contributed by atoms with Gasteiger partial charge in [0.25, 0.3) is 0 Å². The summed E-state index contributed by atoms with van der Waals surface area (Å²) in [6.07, 6.45) is 0. The first-order valence-corrected chi connectivity index (χ1v) is 22.4. The van der Waals surface area contributed by atoms with E-state index in [0.29, 0.717) is 17.5 Å². The molecule has 290 valence electrons. The van der Waals surface area contributed by atoms with Crippen molar-refractivity contribution in [3.8, 4) is 78.7 Å². The van der Waals surface area contributed by atoms with Crippen LogP contribution < -0.4 is 0 Å². The average Bonchev–Trinajstić information content (AvgIpc) is 3.93. The van der Waals surface area contributed by atoms with Crippen LogP contribution >= 0.6 is 22.7 Å². The molecule has 0 saturated carbocycles. The Morgan fingerprint density at radius 3 is 1.27 bits per heavy atom. The molecule has 0 radical (unpaired) electrons. The van der Waals surface area contributed by atoms with Gasteiger partial charge in [0, 0.05) is 57.0 Å². The monoisotopic (exact) mass is 825 g/mol. The number of rotatable bonds is 7. The zero-order chi connectivity index (χ0) is 41.0. The van der Waals surface area contributed by atoms with E-state index in [9.17, 15) is 0 Å². The predicted octanol–water partition coefficient (Wildman–Crippen LogP) is 16.3. The van der Waals surface area contributed by atoms with Crippen LogP contribution in [0.1, 0.15) is 0 Å². The fraction of sp³-hybridized carbons (Fsp3) is 0. The predicted molar refractivity (Wildman–Crippen MR) is 264 cm³/mol. The van der Waals surface area contributed by atoms with Crippen LogP contribution in [0.4, 0.5) is 0 Å². The number of aromatic nitrogens is 3. The summed E-state index contributed by atoms with van der Waals surface area (Å²) in [6, 6.07) is 75.7. The summed E-state index contributed by atoms with van der Waals surface area (Å²) in [5, 5.41) is 5.06. The minimum absolute atomic E-state index is 0.616. The molecule has 0 bridgehead atoms. The second-order valence-corrected chi connectivity index (χ2v) is 17.7. The van der Waals surface area contributed by atoms with E-state index in [2.05, 4.69) is 200 Å². The highest BCUT2D eigenvalue weighted by Gasteiger charge is 2.20. The van der Waals surface area contributed by atoms with Crippen molar-refractivity contribution >= 4 is 63.0 Å². The summed E-state index contributed by atoms with van der Waals surface area (Å²) < 4.78 is 5.09. The van der Waals surface area contributed by atoms with Crippen molar-refractivity contribution in [1.82, 2.24) is 15.0 Å². The zero-order valence-electron chi connectivity index (χ0n) is 33.4. The van der Waals surface area contributed by atoms with Crippen LogP contribution in [0.25, 0.3) is 119 Å². The molecule has 3 nitrogen and oxygen atoms in total. The molecule has 0 aliphatic carbocycles. The Morgan fingerprint density at radius 2 is 0.645 bits per heavy atom. The van der Waals surface area contributed by atoms with Gasteiger partial charge in [0.1, 0.15) is 0 Å². The van der Waals surface area contributed by atoms with Crippen molar-refractivity contribution in [3.63, 3.8) is 0 Å². The highest BCUT2D eigenvalue weighted by Crippen LogP contribution is 2.45. The van der Waals surface area contributed by atoms with E-state index in [4.69, 9.17) is 15.0 Å². The largest absolute Gasteiger partial charge is 0.208 e. The highest BCUT2D eigenvalue weighted by molar-refractivity contribution is 7.26. The van der Waals surface area contributed by atoms with Gasteiger partial charge >= 0.3 is 0 Å². The van der Waals surface area contributed by atoms with E-state index in [1.165, 1.54) is 51.5 Å². The van der Waals surface area contributed by atoms with Gasteiger partial charge in [-0.3, -0.25) is 0 Å². The number of benzene rings is 9. The Balaban J connectivity index is 1.14. The molecule has 12 aromatic rings. The van der Waals surface area contributed by atoms with Gasteiger partial charge in [0.15, 0.2) is 17.5 Å². The zero-order valence-corrected chi connectivity index (χ0v) is 35.0. The first-order valence-electron chi connectivity index (χ1n) is 20.8. The molecule has 0 aliphatic rings. The van der Waals surface area contributed by atoms with Gasteiger partial charge in [-0.15, -0.1) is 22.7 Å². The molecule has 0 spiro atoms. The van der Waals surface area contributed by atoms with E-state index < -0.39 is 0 Å². The smallest absolute Gasteiger partial charge is 0.164 e. The summed E-state index contributed by atoms with van der Waals surface area (Å²) in [6.45, 7) is 0. The van der Waals surface area contributed by atoms with Crippen LogP contribution in [-0.2, 0) is 0 Å². The third-order valence-electron chi connectivity index (χ3n) is 11.7. The molecule has 0 aliphatic heterocycles. The van der Waals surface area contributed by atoms with Gasteiger partial charge in [-0.1, -0.05) is 164 Å². The summed E-state index contributed by atoms with van der Waals surface area (Å²) in [4.78, 5) is 16.1. The molecule has 0 N–H and O–H groups in total. The molecule has 3 aromatic heterocycles. The van der Waals surface area contributed by atoms with Crippen molar-refractivity contribution in [2.45, 2.75) is 0 Å². The van der Waals surface area contributed by atoms with E-state index in [1.54, 1.807) is 0 Å². The third kappa shape index (κ3) is 6.38. The van der Waals surface area contributed by atoms with E-state index >= 15 is 0 Å². The Labute approximate surface area is 366 Å². The molecule has 0 saturated heterocycles. The first kappa shape index (κ1) is 36.3. The maximum absolute atomic E-state index is 5.42. The molecule has 62 heavy (non-hydrogen) atoms. The standard InChI is InChI=1S/C57H35N3S2/c1-3-16-36(17-4-1)38-20-13-21-39(32-38)55-58-56(60-57(59-55)46-23-8-7-22-43(46)37-18-5-2-6-19-37)42-34-40(44-26-14-30-51-53(44)47-24-9-11-28-49(47)61-51)33-41(35-42)45-27-15-31-52-54(45)48-25-10-12-29-50(48)62-52/h1-35H. The number of thiophene rings is 2. The maximum Gasteiger partial charge on any atom is 0.164 e. The molecule has 9 aromatic carbocycles. The maximum atomic E-state index is 5.42. The summed E-state index contributed by atoms with van der Waals surface area (Å²) in [5.41, 5.74) is 11.8. The number of nitrogens with zero attached hydrogens (tertiary/aromatic N) is 3. The summed E-state index contributed by atoms with van der Waals surface area (Å²) in [7, 11) is 0. The lowest BCUT2D eigenvalue weighted by molar-refractivity contribution is 1.07. The Bertz CT molecular complexity index is 3510.